The first-order valence-corrected chi connectivity index (χ1v) is 7.80. The van der Waals surface area contributed by atoms with Crippen molar-refractivity contribution in [2.24, 2.45) is 0 Å². The van der Waals surface area contributed by atoms with Gasteiger partial charge in [0.15, 0.2) is 11.5 Å². The second-order valence-electron chi connectivity index (χ2n) is 5.10. The molecule has 0 aliphatic carbocycles. The van der Waals surface area contributed by atoms with Crippen LogP contribution in [-0.4, -0.2) is 34.4 Å². The molecular weight excluding hydrogens is 332 g/mol. The van der Waals surface area contributed by atoms with Crippen LogP contribution in [0.5, 0.6) is 17.2 Å². The van der Waals surface area contributed by atoms with Crippen molar-refractivity contribution in [3.8, 4) is 29.1 Å². The first kappa shape index (κ1) is 18.9. The van der Waals surface area contributed by atoms with E-state index in [1.54, 1.807) is 45.6 Å². The van der Waals surface area contributed by atoms with Crippen molar-refractivity contribution < 1.29 is 23.7 Å². The van der Waals surface area contributed by atoms with Crippen LogP contribution in [0, 0.1) is 11.8 Å². The lowest BCUT2D eigenvalue weighted by molar-refractivity contribution is 0.0600. The number of allylic oxidation sites excluding steroid dienone is 1. The lowest BCUT2D eigenvalue weighted by Gasteiger charge is -2.12. The molecule has 0 aliphatic rings. The highest BCUT2D eigenvalue weighted by atomic mass is 16.5. The lowest BCUT2D eigenvalue weighted by Crippen LogP contribution is -2.03. The molecule has 0 atom stereocenters. The van der Waals surface area contributed by atoms with E-state index in [0.29, 0.717) is 28.4 Å². The topological polar surface area (TPSA) is 54.0 Å². The summed E-state index contributed by atoms with van der Waals surface area (Å²) >= 11 is 0. The lowest BCUT2D eigenvalue weighted by atomic mass is 10.1. The van der Waals surface area contributed by atoms with Crippen LogP contribution in [0.3, 0.4) is 0 Å². The maximum Gasteiger partial charge on any atom is 0.339 e. The molecule has 0 aliphatic heterocycles. The summed E-state index contributed by atoms with van der Waals surface area (Å²) in [7, 11) is 6.03. The van der Waals surface area contributed by atoms with Gasteiger partial charge in [0.05, 0.1) is 34.0 Å². The fraction of sp³-hybridized carbons (Fsp3) is 0.190. The highest BCUT2D eigenvalue weighted by molar-refractivity contribution is 5.92. The van der Waals surface area contributed by atoms with Crippen LogP contribution in [0.1, 0.15) is 21.5 Å². The van der Waals surface area contributed by atoms with Gasteiger partial charge in [-0.1, -0.05) is 24.0 Å². The van der Waals surface area contributed by atoms with Gasteiger partial charge >= 0.3 is 5.97 Å². The summed E-state index contributed by atoms with van der Waals surface area (Å²) in [6.07, 6.45) is 3.51. The molecule has 0 aromatic heterocycles. The Balaban J connectivity index is 2.28. The smallest absolute Gasteiger partial charge is 0.339 e. The van der Waals surface area contributed by atoms with E-state index in [1.165, 1.54) is 7.11 Å². The molecule has 0 saturated heterocycles. The van der Waals surface area contributed by atoms with Crippen LogP contribution in [0.2, 0.25) is 0 Å². The first-order chi connectivity index (χ1) is 12.6. The Morgan fingerprint density at radius 3 is 2.19 bits per heavy atom. The van der Waals surface area contributed by atoms with Gasteiger partial charge in [0.1, 0.15) is 0 Å². The Hall–Kier alpha value is -3.39. The zero-order valence-electron chi connectivity index (χ0n) is 15.2. The quantitative estimate of drug-likeness (QED) is 0.608. The summed E-state index contributed by atoms with van der Waals surface area (Å²) in [4.78, 5) is 11.7. The number of carbonyl (C=O) groups excluding carboxylic acids is 1. The van der Waals surface area contributed by atoms with Gasteiger partial charge in [0.2, 0.25) is 5.75 Å². The summed E-state index contributed by atoms with van der Waals surface area (Å²) in [5.41, 5.74) is 1.88. The fourth-order valence-electron chi connectivity index (χ4n) is 2.33. The van der Waals surface area contributed by atoms with E-state index in [0.717, 1.165) is 5.56 Å². The Morgan fingerprint density at radius 1 is 0.962 bits per heavy atom. The third kappa shape index (κ3) is 4.37. The maximum absolute atomic E-state index is 11.7. The van der Waals surface area contributed by atoms with Gasteiger partial charge in [-0.25, -0.2) is 4.79 Å². The van der Waals surface area contributed by atoms with E-state index in [-0.39, 0.29) is 0 Å². The molecule has 0 spiro atoms. The number of hydrogen-bond acceptors (Lipinski definition) is 5. The number of hydrogen-bond donors (Lipinski definition) is 0. The highest BCUT2D eigenvalue weighted by Crippen LogP contribution is 2.38. The van der Waals surface area contributed by atoms with Crippen LogP contribution >= 0.6 is 0 Å². The summed E-state index contributed by atoms with van der Waals surface area (Å²) in [5, 5.41) is 0. The van der Waals surface area contributed by atoms with E-state index in [9.17, 15) is 4.79 Å². The molecule has 2 aromatic carbocycles. The Bertz CT molecular complexity index is 846. The number of rotatable bonds is 5. The molecule has 0 saturated carbocycles. The number of ether oxygens (including phenoxy) is 4. The zero-order chi connectivity index (χ0) is 18.9. The molecule has 26 heavy (non-hydrogen) atoms. The number of esters is 1. The normalized spacial score (nSPS) is 10.0. The van der Waals surface area contributed by atoms with Crippen LogP contribution < -0.4 is 14.2 Å². The minimum Gasteiger partial charge on any atom is -0.493 e. The van der Waals surface area contributed by atoms with E-state index in [1.807, 2.05) is 24.3 Å². The molecule has 5 nitrogen and oxygen atoms in total. The molecule has 0 radical (unpaired) electrons. The summed E-state index contributed by atoms with van der Waals surface area (Å²) in [5.74, 6) is 7.13. The predicted octanol–water partition coefficient (Wildman–Crippen LogP) is 3.56. The van der Waals surface area contributed by atoms with Gasteiger partial charge in [-0.2, -0.15) is 0 Å². The SMILES string of the molecule is COC(=O)c1ccccc1C#C/C=C/c1cc(OC)c(OC)c(OC)c1. The average molecular weight is 352 g/mol. The van der Waals surface area contributed by atoms with E-state index in [4.69, 9.17) is 18.9 Å². The van der Waals surface area contributed by atoms with Crippen LogP contribution in [0.25, 0.3) is 6.08 Å². The third-order valence-electron chi connectivity index (χ3n) is 3.59. The number of carbonyl (C=O) groups is 1. The van der Waals surface area contributed by atoms with Gasteiger partial charge in [-0.05, 0) is 42.0 Å². The van der Waals surface area contributed by atoms with Crippen LogP contribution in [0.15, 0.2) is 42.5 Å². The minimum atomic E-state index is -0.413. The molecule has 0 heterocycles. The van der Waals surface area contributed by atoms with E-state index < -0.39 is 5.97 Å². The van der Waals surface area contributed by atoms with Crippen LogP contribution in [-0.2, 0) is 4.74 Å². The Labute approximate surface area is 153 Å². The molecule has 0 fully saturated rings. The second kappa shape index (κ2) is 9.19. The molecule has 5 heteroatoms. The largest absolute Gasteiger partial charge is 0.493 e. The Morgan fingerprint density at radius 2 is 1.62 bits per heavy atom. The summed E-state index contributed by atoms with van der Waals surface area (Å²) in [6.45, 7) is 0. The average Bonchev–Trinajstić information content (AvgIpc) is 2.69. The fourth-order valence-corrected chi connectivity index (χ4v) is 2.33. The maximum atomic E-state index is 11.7. The number of benzene rings is 2. The van der Waals surface area contributed by atoms with Gasteiger partial charge in [-0.3, -0.25) is 0 Å². The molecule has 2 aromatic rings. The molecule has 2 rings (SSSR count). The van der Waals surface area contributed by atoms with Gasteiger partial charge < -0.3 is 18.9 Å². The van der Waals surface area contributed by atoms with Gasteiger partial charge in [0.25, 0.3) is 0 Å². The van der Waals surface area contributed by atoms with Crippen LogP contribution in [0.4, 0.5) is 0 Å². The molecule has 0 unspecified atom stereocenters. The molecular formula is C21H20O5. The van der Waals surface area contributed by atoms with E-state index in [2.05, 4.69) is 11.8 Å². The van der Waals surface area contributed by atoms with Gasteiger partial charge in [0, 0.05) is 5.56 Å². The van der Waals surface area contributed by atoms with Crippen molar-refractivity contribution in [2.75, 3.05) is 28.4 Å². The monoisotopic (exact) mass is 352 g/mol. The van der Waals surface area contributed by atoms with Crippen molar-refractivity contribution in [3.63, 3.8) is 0 Å². The first-order valence-electron chi connectivity index (χ1n) is 7.80. The second-order valence-corrected chi connectivity index (χ2v) is 5.10. The third-order valence-corrected chi connectivity index (χ3v) is 3.59. The van der Waals surface area contributed by atoms with Crippen molar-refractivity contribution >= 4 is 12.0 Å². The molecule has 0 bridgehead atoms. The molecule has 0 N–H and O–H groups in total. The predicted molar refractivity (Wildman–Crippen MR) is 99.8 cm³/mol. The van der Waals surface area contributed by atoms with Crippen molar-refractivity contribution in [2.45, 2.75) is 0 Å². The summed E-state index contributed by atoms with van der Waals surface area (Å²) < 4.78 is 20.7. The van der Waals surface area contributed by atoms with Crippen molar-refractivity contribution in [3.05, 3.63) is 59.2 Å². The van der Waals surface area contributed by atoms with E-state index >= 15 is 0 Å². The molecule has 134 valence electrons. The standard InChI is InChI=1S/C21H20O5/c1-23-18-13-15(14-19(24-2)20(18)25-3)9-5-6-10-16-11-7-8-12-17(16)21(22)26-4/h5,7-9,11-14H,1-4H3/b9-5+. The molecule has 0 amide bonds. The zero-order valence-corrected chi connectivity index (χ0v) is 15.2. The minimum absolute atomic E-state index is 0.413. The number of methoxy groups -OCH3 is 4. The highest BCUT2D eigenvalue weighted by Gasteiger charge is 2.12. The van der Waals surface area contributed by atoms with Crippen molar-refractivity contribution in [1.82, 2.24) is 0 Å². The van der Waals surface area contributed by atoms with Crippen molar-refractivity contribution in [1.29, 1.82) is 0 Å². The summed E-state index contributed by atoms with van der Waals surface area (Å²) in [6, 6.07) is 10.7. The Kier molecular flexibility index (Phi) is 6.69. The van der Waals surface area contributed by atoms with Gasteiger partial charge in [-0.15, -0.1) is 0 Å².